The van der Waals surface area contributed by atoms with E-state index < -0.39 is 0 Å². The average Bonchev–Trinajstić information content (AvgIpc) is 3.19. The Labute approximate surface area is 162 Å². The maximum absolute atomic E-state index is 13.0. The fraction of sp³-hybridized carbons (Fsp3) is 0.286. The van der Waals surface area contributed by atoms with Gasteiger partial charge in [-0.15, -0.1) is 0 Å². The Morgan fingerprint density at radius 1 is 1.14 bits per heavy atom. The fourth-order valence-electron chi connectivity index (χ4n) is 2.60. The summed E-state index contributed by atoms with van der Waals surface area (Å²) in [5.41, 5.74) is 1.67. The first-order valence-corrected chi connectivity index (χ1v) is 9.09. The van der Waals surface area contributed by atoms with Crippen LogP contribution in [0.25, 0.3) is 0 Å². The van der Waals surface area contributed by atoms with Crippen LogP contribution in [-0.4, -0.2) is 34.5 Å². The average molecular weight is 383 g/mol. The minimum absolute atomic E-state index is 0.183. The molecular formula is C21H22FN3O3. The number of hydrogen-bond acceptors (Lipinski definition) is 5. The summed E-state index contributed by atoms with van der Waals surface area (Å²) in [5.74, 6) is 1.05. The summed E-state index contributed by atoms with van der Waals surface area (Å²) in [6, 6.07) is 13.3. The lowest BCUT2D eigenvalue weighted by atomic mass is 10.2. The van der Waals surface area contributed by atoms with Crippen LogP contribution in [0.1, 0.15) is 34.6 Å². The summed E-state index contributed by atoms with van der Waals surface area (Å²) < 4.78 is 23.8. The molecule has 0 aliphatic carbocycles. The fourth-order valence-corrected chi connectivity index (χ4v) is 2.60. The Balaban J connectivity index is 1.48. The minimum atomic E-state index is -0.373. The molecule has 0 aliphatic rings. The number of halogens is 1. The van der Waals surface area contributed by atoms with E-state index in [1.165, 1.54) is 34.7 Å². The van der Waals surface area contributed by atoms with Gasteiger partial charge in [-0.3, -0.25) is 4.79 Å². The number of ether oxygens (including phenoxy) is 1. The smallest absolute Gasteiger partial charge is 0.264 e. The van der Waals surface area contributed by atoms with Crippen molar-refractivity contribution in [2.45, 2.75) is 26.4 Å². The van der Waals surface area contributed by atoms with Crippen molar-refractivity contribution in [2.75, 3.05) is 13.6 Å². The number of hydrogen-bond donors (Lipinski definition) is 0. The Morgan fingerprint density at radius 3 is 2.54 bits per heavy atom. The zero-order valence-electron chi connectivity index (χ0n) is 15.9. The van der Waals surface area contributed by atoms with Crippen molar-refractivity contribution in [3.05, 3.63) is 77.2 Å². The number of nitrogens with zero attached hydrogens (tertiary/aromatic N) is 3. The third-order valence-corrected chi connectivity index (χ3v) is 4.31. The van der Waals surface area contributed by atoms with Crippen LogP contribution in [0.15, 0.2) is 53.1 Å². The molecule has 6 nitrogen and oxygen atoms in total. The number of aromatic nitrogens is 2. The molecule has 28 heavy (non-hydrogen) atoms. The van der Waals surface area contributed by atoms with E-state index in [1.807, 2.05) is 24.3 Å². The van der Waals surface area contributed by atoms with E-state index >= 15 is 0 Å². The molecule has 0 fully saturated rings. The van der Waals surface area contributed by atoms with Gasteiger partial charge in [0.2, 0.25) is 0 Å². The van der Waals surface area contributed by atoms with Crippen LogP contribution < -0.4 is 4.74 Å². The molecule has 0 aliphatic heterocycles. The first kappa shape index (κ1) is 19.5. The van der Waals surface area contributed by atoms with Crippen molar-refractivity contribution in [3.8, 4) is 5.75 Å². The number of likely N-dealkylation sites (N-methyl/N-ethyl adjacent to an activating group) is 1. The molecule has 0 spiro atoms. The predicted molar refractivity (Wildman–Crippen MR) is 102 cm³/mol. The van der Waals surface area contributed by atoms with E-state index in [2.05, 4.69) is 17.1 Å². The van der Waals surface area contributed by atoms with Gasteiger partial charge in [0.15, 0.2) is 12.4 Å². The van der Waals surface area contributed by atoms with Gasteiger partial charge in [-0.1, -0.05) is 24.2 Å². The molecule has 0 unspecified atom stereocenters. The van der Waals surface area contributed by atoms with Gasteiger partial charge in [-0.25, -0.2) is 4.39 Å². The van der Waals surface area contributed by atoms with Crippen LogP contribution in [0.3, 0.4) is 0 Å². The Kier molecular flexibility index (Phi) is 6.37. The second kappa shape index (κ2) is 9.12. The minimum Gasteiger partial charge on any atom is -0.484 e. The number of aryl methyl sites for hydroxylation is 1. The Morgan fingerprint density at radius 2 is 1.86 bits per heavy atom. The molecule has 146 valence electrons. The molecule has 1 aromatic heterocycles. The molecule has 0 saturated carbocycles. The highest BCUT2D eigenvalue weighted by atomic mass is 19.1. The summed E-state index contributed by atoms with van der Waals surface area (Å²) in [6.07, 6.45) is 1.42. The van der Waals surface area contributed by atoms with Gasteiger partial charge in [-0.05, 0) is 48.4 Å². The quantitative estimate of drug-likeness (QED) is 0.594. The van der Waals surface area contributed by atoms with E-state index in [9.17, 15) is 9.18 Å². The predicted octanol–water partition coefficient (Wildman–Crippen LogP) is 3.66. The molecule has 1 amide bonds. The van der Waals surface area contributed by atoms with Gasteiger partial charge >= 0.3 is 0 Å². The zero-order valence-corrected chi connectivity index (χ0v) is 15.9. The Bertz CT molecular complexity index is 907. The van der Waals surface area contributed by atoms with Crippen LogP contribution in [-0.2, 0) is 19.4 Å². The van der Waals surface area contributed by atoms with Crippen LogP contribution in [0.2, 0.25) is 0 Å². The molecule has 3 aromatic rings. The van der Waals surface area contributed by atoms with E-state index in [-0.39, 0.29) is 18.3 Å². The second-order valence-electron chi connectivity index (χ2n) is 6.37. The largest absolute Gasteiger partial charge is 0.484 e. The second-order valence-corrected chi connectivity index (χ2v) is 6.37. The van der Waals surface area contributed by atoms with Gasteiger partial charge in [0.1, 0.15) is 11.6 Å². The molecule has 7 heteroatoms. The summed E-state index contributed by atoms with van der Waals surface area (Å²) in [6.45, 7) is 2.69. The summed E-state index contributed by atoms with van der Waals surface area (Å²) in [5, 5.41) is 3.92. The maximum Gasteiger partial charge on any atom is 0.264 e. The standard InChI is InChI=1S/C21H22FN3O3/c1-3-15-4-10-18(11-5-15)27-14-20-23-19(24-28-20)12-13-25(2)21(26)16-6-8-17(22)9-7-16/h4-11H,3,12-14H2,1-2H3. The summed E-state index contributed by atoms with van der Waals surface area (Å²) in [4.78, 5) is 18.1. The summed E-state index contributed by atoms with van der Waals surface area (Å²) in [7, 11) is 1.68. The molecule has 0 atom stereocenters. The zero-order chi connectivity index (χ0) is 19.9. The highest BCUT2D eigenvalue weighted by Crippen LogP contribution is 2.14. The van der Waals surface area contributed by atoms with Crippen molar-refractivity contribution in [1.29, 1.82) is 0 Å². The van der Waals surface area contributed by atoms with Crippen molar-refractivity contribution in [2.24, 2.45) is 0 Å². The number of carbonyl (C=O) groups excluding carboxylic acids is 1. The SMILES string of the molecule is CCc1ccc(OCc2nc(CCN(C)C(=O)c3ccc(F)cc3)no2)cc1. The van der Waals surface area contributed by atoms with Gasteiger partial charge in [0, 0.05) is 25.6 Å². The first-order chi connectivity index (χ1) is 13.5. The Hall–Kier alpha value is -3.22. The van der Waals surface area contributed by atoms with Crippen molar-refractivity contribution in [3.63, 3.8) is 0 Å². The lowest BCUT2D eigenvalue weighted by Gasteiger charge is -2.16. The number of benzene rings is 2. The number of carbonyl (C=O) groups is 1. The normalized spacial score (nSPS) is 10.7. The molecule has 0 saturated heterocycles. The number of amides is 1. The van der Waals surface area contributed by atoms with Crippen LogP contribution in [0, 0.1) is 5.82 Å². The van der Waals surface area contributed by atoms with Crippen molar-refractivity contribution < 1.29 is 18.4 Å². The third-order valence-electron chi connectivity index (χ3n) is 4.31. The topological polar surface area (TPSA) is 68.5 Å². The highest BCUT2D eigenvalue weighted by molar-refractivity contribution is 5.93. The lowest BCUT2D eigenvalue weighted by molar-refractivity contribution is 0.0795. The highest BCUT2D eigenvalue weighted by Gasteiger charge is 2.14. The molecule has 1 heterocycles. The maximum atomic E-state index is 13.0. The van der Waals surface area contributed by atoms with Gasteiger partial charge < -0.3 is 14.2 Å². The van der Waals surface area contributed by atoms with Gasteiger partial charge in [0.25, 0.3) is 11.8 Å². The van der Waals surface area contributed by atoms with E-state index in [0.717, 1.165) is 12.2 Å². The molecule has 0 bridgehead atoms. The first-order valence-electron chi connectivity index (χ1n) is 9.09. The van der Waals surface area contributed by atoms with Crippen LogP contribution in [0.4, 0.5) is 4.39 Å². The third kappa shape index (κ3) is 5.16. The van der Waals surface area contributed by atoms with Crippen molar-refractivity contribution in [1.82, 2.24) is 15.0 Å². The number of rotatable bonds is 8. The van der Waals surface area contributed by atoms with E-state index in [1.54, 1.807) is 7.05 Å². The van der Waals surface area contributed by atoms with E-state index in [0.29, 0.717) is 30.2 Å². The van der Waals surface area contributed by atoms with Crippen LogP contribution >= 0.6 is 0 Å². The molecule has 0 N–H and O–H groups in total. The van der Waals surface area contributed by atoms with Gasteiger partial charge in [0.05, 0.1) is 0 Å². The van der Waals surface area contributed by atoms with Crippen LogP contribution in [0.5, 0.6) is 5.75 Å². The molecule has 2 aromatic carbocycles. The monoisotopic (exact) mass is 383 g/mol. The molecule has 3 rings (SSSR count). The van der Waals surface area contributed by atoms with Crippen molar-refractivity contribution >= 4 is 5.91 Å². The van der Waals surface area contributed by atoms with E-state index in [4.69, 9.17) is 9.26 Å². The summed E-state index contributed by atoms with van der Waals surface area (Å²) >= 11 is 0. The lowest BCUT2D eigenvalue weighted by Crippen LogP contribution is -2.29. The molecular weight excluding hydrogens is 361 g/mol. The van der Waals surface area contributed by atoms with Gasteiger partial charge in [-0.2, -0.15) is 4.98 Å². The molecule has 0 radical (unpaired) electrons.